The van der Waals surface area contributed by atoms with Crippen molar-refractivity contribution in [2.75, 3.05) is 18.8 Å². The summed E-state index contributed by atoms with van der Waals surface area (Å²) in [5, 5.41) is 15.1. The highest BCUT2D eigenvalue weighted by Gasteiger charge is 2.22. The average Bonchev–Trinajstić information content (AvgIpc) is 2.66. The van der Waals surface area contributed by atoms with Gasteiger partial charge in [0.2, 0.25) is 0 Å². The number of aliphatic hydroxyl groups is 1. The van der Waals surface area contributed by atoms with Gasteiger partial charge in [-0.15, -0.1) is 0 Å². The molecule has 0 bridgehead atoms. The molecule has 0 radical (unpaired) electrons. The van der Waals surface area contributed by atoms with Gasteiger partial charge in [0.05, 0.1) is 6.10 Å². The van der Waals surface area contributed by atoms with Crippen molar-refractivity contribution >= 4 is 17.8 Å². The Labute approximate surface area is 114 Å². The van der Waals surface area contributed by atoms with Gasteiger partial charge >= 0.3 is 6.03 Å². The van der Waals surface area contributed by atoms with Crippen LogP contribution in [0.15, 0.2) is 0 Å². The first kappa shape index (κ1) is 15.6. The Morgan fingerprint density at radius 2 is 2.06 bits per heavy atom. The van der Waals surface area contributed by atoms with Crippen molar-refractivity contribution in [2.45, 2.75) is 50.9 Å². The largest absolute Gasteiger partial charge is 0.393 e. The molecule has 106 valence electrons. The fourth-order valence-corrected chi connectivity index (χ4v) is 2.87. The first-order chi connectivity index (χ1) is 8.37. The zero-order valence-corrected chi connectivity index (χ0v) is 12.5. The number of rotatable bonds is 5. The van der Waals surface area contributed by atoms with Crippen LogP contribution in [-0.2, 0) is 0 Å². The van der Waals surface area contributed by atoms with E-state index >= 15 is 0 Å². The van der Waals surface area contributed by atoms with Crippen LogP contribution in [0.4, 0.5) is 4.79 Å². The van der Waals surface area contributed by atoms with Gasteiger partial charge in [0.1, 0.15) is 0 Å². The smallest absolute Gasteiger partial charge is 0.314 e. The van der Waals surface area contributed by atoms with Crippen LogP contribution in [0.2, 0.25) is 0 Å². The predicted octanol–water partition coefficient (Wildman–Crippen LogP) is 1.98. The molecular weight excluding hydrogens is 248 g/mol. The van der Waals surface area contributed by atoms with Gasteiger partial charge in [-0.2, -0.15) is 11.8 Å². The zero-order valence-electron chi connectivity index (χ0n) is 11.7. The number of thioether (sulfide) groups is 1. The third kappa shape index (κ3) is 7.11. The molecular formula is C13H26N2O2S. The molecule has 0 heterocycles. The van der Waals surface area contributed by atoms with E-state index < -0.39 is 0 Å². The van der Waals surface area contributed by atoms with Gasteiger partial charge in [-0.05, 0) is 25.2 Å². The third-order valence-electron chi connectivity index (χ3n) is 2.99. The Morgan fingerprint density at radius 3 is 2.61 bits per heavy atom. The van der Waals surface area contributed by atoms with Gasteiger partial charge in [0, 0.05) is 23.6 Å². The first-order valence-corrected chi connectivity index (χ1v) is 7.69. The van der Waals surface area contributed by atoms with E-state index in [2.05, 4.69) is 31.4 Å². The molecule has 1 aliphatic rings. The van der Waals surface area contributed by atoms with Gasteiger partial charge in [0.15, 0.2) is 0 Å². The number of aliphatic hydroxyl groups excluding tert-OH is 1. The van der Waals surface area contributed by atoms with E-state index in [0.29, 0.717) is 19.0 Å². The molecule has 0 aromatic rings. The standard InChI is InChI=1S/C13H26N2O2S/c1-13(2,3)18-7-6-14-12(17)15-9-10-4-5-11(16)8-10/h10-11,16H,4-9H2,1-3H3,(H2,14,15,17). The van der Waals surface area contributed by atoms with Gasteiger partial charge < -0.3 is 15.7 Å². The van der Waals surface area contributed by atoms with Crippen molar-refractivity contribution in [2.24, 2.45) is 5.92 Å². The van der Waals surface area contributed by atoms with Gasteiger partial charge in [-0.25, -0.2) is 4.79 Å². The van der Waals surface area contributed by atoms with Crippen LogP contribution in [0.3, 0.4) is 0 Å². The minimum absolute atomic E-state index is 0.0918. The number of carbonyl (C=O) groups excluding carboxylic acids is 1. The van der Waals surface area contributed by atoms with Crippen molar-refractivity contribution in [3.8, 4) is 0 Å². The molecule has 2 unspecified atom stereocenters. The highest BCUT2D eigenvalue weighted by Crippen LogP contribution is 2.24. The zero-order chi connectivity index (χ0) is 13.6. The van der Waals surface area contributed by atoms with Gasteiger partial charge in [-0.3, -0.25) is 0 Å². The number of urea groups is 1. The average molecular weight is 274 g/mol. The molecule has 2 atom stereocenters. The van der Waals surface area contributed by atoms with Crippen LogP contribution >= 0.6 is 11.8 Å². The maximum Gasteiger partial charge on any atom is 0.314 e. The van der Waals surface area contributed by atoms with E-state index in [0.717, 1.165) is 25.0 Å². The molecule has 1 fully saturated rings. The Balaban J connectivity index is 2.00. The van der Waals surface area contributed by atoms with E-state index in [4.69, 9.17) is 0 Å². The predicted molar refractivity (Wildman–Crippen MR) is 77.0 cm³/mol. The molecule has 0 aromatic carbocycles. The molecule has 1 saturated carbocycles. The van der Waals surface area contributed by atoms with Gasteiger partial charge in [-0.1, -0.05) is 20.8 Å². The topological polar surface area (TPSA) is 61.4 Å². The molecule has 0 saturated heterocycles. The fourth-order valence-electron chi connectivity index (χ4n) is 2.06. The second-order valence-corrected chi connectivity index (χ2v) is 7.85. The minimum atomic E-state index is -0.164. The van der Waals surface area contributed by atoms with Crippen LogP contribution in [0.5, 0.6) is 0 Å². The summed E-state index contributed by atoms with van der Waals surface area (Å²) in [4.78, 5) is 11.5. The molecule has 1 aliphatic carbocycles. The summed E-state index contributed by atoms with van der Waals surface area (Å²) in [6, 6.07) is -0.0918. The number of carbonyl (C=O) groups is 1. The van der Waals surface area contributed by atoms with E-state index in [1.807, 2.05) is 11.8 Å². The maximum atomic E-state index is 11.5. The Hall–Kier alpha value is -0.420. The van der Waals surface area contributed by atoms with Crippen LogP contribution in [0, 0.1) is 5.92 Å². The summed E-state index contributed by atoms with van der Waals surface area (Å²) in [5.74, 6) is 1.37. The monoisotopic (exact) mass is 274 g/mol. The minimum Gasteiger partial charge on any atom is -0.393 e. The summed E-state index contributed by atoms with van der Waals surface area (Å²) in [7, 11) is 0. The second kappa shape index (κ2) is 7.24. The molecule has 3 N–H and O–H groups in total. The maximum absolute atomic E-state index is 11.5. The van der Waals surface area contributed by atoms with Crippen LogP contribution < -0.4 is 10.6 Å². The van der Waals surface area contributed by atoms with Crippen molar-refractivity contribution in [1.82, 2.24) is 10.6 Å². The van der Waals surface area contributed by atoms with Crippen molar-refractivity contribution in [3.63, 3.8) is 0 Å². The summed E-state index contributed by atoms with van der Waals surface area (Å²) in [6.07, 6.45) is 2.54. The second-order valence-electron chi connectivity index (χ2n) is 5.93. The molecule has 2 amide bonds. The number of hydrogen-bond acceptors (Lipinski definition) is 3. The fraction of sp³-hybridized carbons (Fsp3) is 0.923. The lowest BCUT2D eigenvalue weighted by Gasteiger charge is -2.17. The normalized spacial score (nSPS) is 24.0. The summed E-state index contributed by atoms with van der Waals surface area (Å²) in [5.41, 5.74) is 0. The Morgan fingerprint density at radius 1 is 1.33 bits per heavy atom. The first-order valence-electron chi connectivity index (χ1n) is 6.70. The molecule has 0 aromatic heterocycles. The molecule has 0 aliphatic heterocycles. The van der Waals surface area contributed by atoms with E-state index in [9.17, 15) is 9.90 Å². The molecule has 4 nitrogen and oxygen atoms in total. The Kier molecular flexibility index (Phi) is 6.29. The van der Waals surface area contributed by atoms with Crippen LogP contribution in [-0.4, -0.2) is 40.8 Å². The summed E-state index contributed by atoms with van der Waals surface area (Å²) < 4.78 is 0.248. The lowest BCUT2D eigenvalue weighted by Crippen LogP contribution is -2.39. The highest BCUT2D eigenvalue weighted by molar-refractivity contribution is 8.00. The van der Waals surface area contributed by atoms with Crippen molar-refractivity contribution in [3.05, 3.63) is 0 Å². The van der Waals surface area contributed by atoms with Crippen molar-refractivity contribution in [1.29, 1.82) is 0 Å². The van der Waals surface area contributed by atoms with Crippen molar-refractivity contribution < 1.29 is 9.90 Å². The molecule has 18 heavy (non-hydrogen) atoms. The number of amides is 2. The van der Waals surface area contributed by atoms with Gasteiger partial charge in [0.25, 0.3) is 0 Å². The van der Waals surface area contributed by atoms with Crippen LogP contribution in [0.1, 0.15) is 40.0 Å². The Bertz CT molecular complexity index is 266. The SMILES string of the molecule is CC(C)(C)SCCNC(=O)NCC1CCC(O)C1. The van der Waals surface area contributed by atoms with Crippen LogP contribution in [0.25, 0.3) is 0 Å². The quantitative estimate of drug-likeness (QED) is 0.672. The number of hydrogen-bond donors (Lipinski definition) is 3. The van der Waals surface area contributed by atoms with E-state index in [1.165, 1.54) is 0 Å². The van der Waals surface area contributed by atoms with E-state index in [1.54, 1.807) is 0 Å². The lowest BCUT2D eigenvalue weighted by molar-refractivity contribution is 0.177. The third-order valence-corrected chi connectivity index (χ3v) is 4.26. The number of nitrogens with one attached hydrogen (secondary N) is 2. The lowest BCUT2D eigenvalue weighted by atomic mass is 10.1. The molecule has 1 rings (SSSR count). The molecule has 5 heteroatoms. The highest BCUT2D eigenvalue weighted by atomic mass is 32.2. The van der Waals surface area contributed by atoms with E-state index in [-0.39, 0.29) is 16.9 Å². The summed E-state index contributed by atoms with van der Waals surface area (Å²) in [6.45, 7) is 7.88. The summed E-state index contributed by atoms with van der Waals surface area (Å²) >= 11 is 1.84. The molecule has 0 spiro atoms.